The van der Waals surface area contributed by atoms with Gasteiger partial charge < -0.3 is 0 Å². The number of hydrogen-bond acceptors (Lipinski definition) is 3. The number of nitrogens with zero attached hydrogens (tertiary/aromatic N) is 2. The molecule has 5 nitrogen and oxygen atoms in total. The van der Waals surface area contributed by atoms with Gasteiger partial charge in [-0.15, -0.1) is 0 Å². The van der Waals surface area contributed by atoms with Crippen LogP contribution in [0, 0.1) is 0 Å². The Kier molecular flexibility index (Phi) is 5.64. The molecule has 1 aliphatic heterocycles. The number of benzene rings is 1. The molecule has 2 aliphatic rings. The lowest BCUT2D eigenvalue weighted by Crippen LogP contribution is -2.55. The highest BCUT2D eigenvalue weighted by Gasteiger charge is 2.37. The molecule has 25 heavy (non-hydrogen) atoms. The standard InChI is InChI=1S/C20H24N2O3/c23-18-15-19(24)22(14-12-17-9-5-2-6-10-17)20(25)21(18)13-11-16-7-3-1-4-8-16/h1,3-4,7-9H,2,5-6,10-15H2. The number of urea groups is 1. The zero-order chi connectivity index (χ0) is 17.6. The van der Waals surface area contributed by atoms with Crippen LogP contribution in [0.15, 0.2) is 42.0 Å². The Bertz CT molecular complexity index is 681. The molecule has 0 unspecified atom stereocenters. The second-order valence-corrected chi connectivity index (χ2v) is 6.64. The van der Waals surface area contributed by atoms with E-state index < -0.39 is 6.03 Å². The Morgan fingerprint density at radius 2 is 1.52 bits per heavy atom. The second kappa shape index (κ2) is 8.10. The number of hydrogen-bond donors (Lipinski definition) is 0. The van der Waals surface area contributed by atoms with Crippen LogP contribution in [0.4, 0.5) is 4.79 Å². The topological polar surface area (TPSA) is 57.7 Å². The molecule has 1 aliphatic carbocycles. The highest BCUT2D eigenvalue weighted by atomic mass is 16.2. The van der Waals surface area contributed by atoms with Gasteiger partial charge in [0.1, 0.15) is 6.42 Å². The average Bonchev–Trinajstić information content (AvgIpc) is 2.63. The van der Waals surface area contributed by atoms with Crippen LogP contribution in [-0.4, -0.2) is 40.7 Å². The van der Waals surface area contributed by atoms with Gasteiger partial charge in [-0.05, 0) is 44.1 Å². The van der Waals surface area contributed by atoms with Gasteiger partial charge in [0.05, 0.1) is 0 Å². The van der Waals surface area contributed by atoms with E-state index in [9.17, 15) is 14.4 Å². The van der Waals surface area contributed by atoms with Gasteiger partial charge in [0.25, 0.3) is 0 Å². The van der Waals surface area contributed by atoms with Crippen molar-refractivity contribution in [2.45, 2.75) is 44.9 Å². The van der Waals surface area contributed by atoms with E-state index in [0.29, 0.717) is 19.5 Å². The van der Waals surface area contributed by atoms with Gasteiger partial charge in [0.15, 0.2) is 0 Å². The molecular weight excluding hydrogens is 316 g/mol. The molecule has 0 bridgehead atoms. The molecule has 1 saturated heterocycles. The molecule has 132 valence electrons. The maximum Gasteiger partial charge on any atom is 0.333 e. The Labute approximate surface area is 148 Å². The molecule has 0 saturated carbocycles. The first-order chi connectivity index (χ1) is 12.1. The first kappa shape index (κ1) is 17.4. The van der Waals surface area contributed by atoms with Crippen LogP contribution >= 0.6 is 0 Å². The summed E-state index contributed by atoms with van der Waals surface area (Å²) in [5.74, 6) is -0.763. The fourth-order valence-electron chi connectivity index (χ4n) is 3.39. The zero-order valence-electron chi connectivity index (χ0n) is 14.4. The third-order valence-corrected chi connectivity index (χ3v) is 4.87. The molecule has 0 atom stereocenters. The molecular formula is C20H24N2O3. The van der Waals surface area contributed by atoms with Gasteiger partial charge in [-0.2, -0.15) is 0 Å². The summed E-state index contributed by atoms with van der Waals surface area (Å²) in [5, 5.41) is 0. The van der Waals surface area contributed by atoms with Crippen LogP contribution in [0.1, 0.15) is 44.1 Å². The van der Waals surface area contributed by atoms with Gasteiger partial charge in [-0.25, -0.2) is 4.79 Å². The lowest BCUT2D eigenvalue weighted by molar-refractivity contribution is -0.142. The smallest absolute Gasteiger partial charge is 0.274 e. The summed E-state index contributed by atoms with van der Waals surface area (Å²) in [6.45, 7) is 0.687. The quantitative estimate of drug-likeness (QED) is 0.590. The summed E-state index contributed by atoms with van der Waals surface area (Å²) in [7, 11) is 0. The number of barbiturate groups is 1. The first-order valence-corrected chi connectivity index (χ1v) is 9.01. The van der Waals surface area contributed by atoms with E-state index in [1.165, 1.54) is 28.2 Å². The van der Waals surface area contributed by atoms with Crippen LogP contribution in [0.3, 0.4) is 0 Å². The van der Waals surface area contributed by atoms with E-state index in [2.05, 4.69) is 6.08 Å². The molecule has 0 N–H and O–H groups in total. The molecule has 1 heterocycles. The third-order valence-electron chi connectivity index (χ3n) is 4.87. The minimum absolute atomic E-state index is 0.209. The summed E-state index contributed by atoms with van der Waals surface area (Å²) >= 11 is 0. The fraction of sp³-hybridized carbons (Fsp3) is 0.450. The monoisotopic (exact) mass is 340 g/mol. The summed E-state index contributed by atoms with van der Waals surface area (Å²) in [6.07, 6.45) is 7.86. The number of amides is 4. The normalized spacial score (nSPS) is 18.6. The minimum Gasteiger partial charge on any atom is -0.274 e. The van der Waals surface area contributed by atoms with Crippen LogP contribution in [0.25, 0.3) is 0 Å². The summed E-state index contributed by atoms with van der Waals surface area (Å²) in [6, 6.07) is 9.27. The zero-order valence-corrected chi connectivity index (χ0v) is 14.4. The summed E-state index contributed by atoms with van der Waals surface area (Å²) in [5.41, 5.74) is 2.39. The van der Waals surface area contributed by atoms with E-state index in [-0.39, 0.29) is 18.2 Å². The minimum atomic E-state index is -0.464. The van der Waals surface area contributed by atoms with E-state index in [0.717, 1.165) is 24.8 Å². The SMILES string of the molecule is O=C1CC(=O)N(CCc2ccccc2)C(=O)N1CCC1=CCCCC1. The van der Waals surface area contributed by atoms with Crippen molar-refractivity contribution in [1.29, 1.82) is 0 Å². The maximum atomic E-state index is 12.6. The molecule has 1 aromatic carbocycles. The fourth-order valence-corrected chi connectivity index (χ4v) is 3.39. The van der Waals surface area contributed by atoms with Crippen molar-refractivity contribution in [3.05, 3.63) is 47.5 Å². The Morgan fingerprint density at radius 3 is 2.16 bits per heavy atom. The molecule has 1 fully saturated rings. The van der Waals surface area contributed by atoms with E-state index >= 15 is 0 Å². The summed E-state index contributed by atoms with van der Waals surface area (Å²) < 4.78 is 0. The van der Waals surface area contributed by atoms with Gasteiger partial charge in [-0.3, -0.25) is 19.4 Å². The van der Waals surface area contributed by atoms with Crippen LogP contribution < -0.4 is 0 Å². The highest BCUT2D eigenvalue weighted by Crippen LogP contribution is 2.22. The van der Waals surface area contributed by atoms with Gasteiger partial charge >= 0.3 is 6.03 Å². The van der Waals surface area contributed by atoms with Crippen LogP contribution in [0.5, 0.6) is 0 Å². The van der Waals surface area contributed by atoms with Crippen LogP contribution in [0.2, 0.25) is 0 Å². The predicted octanol–water partition coefficient (Wildman–Crippen LogP) is 3.30. The second-order valence-electron chi connectivity index (χ2n) is 6.64. The van der Waals surface area contributed by atoms with E-state index in [1.807, 2.05) is 30.3 Å². The molecule has 0 aromatic heterocycles. The molecule has 3 rings (SSSR count). The van der Waals surface area contributed by atoms with Gasteiger partial charge in [-0.1, -0.05) is 42.0 Å². The predicted molar refractivity (Wildman–Crippen MR) is 94.8 cm³/mol. The average molecular weight is 340 g/mol. The number of imide groups is 2. The van der Waals surface area contributed by atoms with Crippen molar-refractivity contribution >= 4 is 17.8 Å². The lowest BCUT2D eigenvalue weighted by atomic mass is 9.97. The third kappa shape index (κ3) is 4.35. The van der Waals surface area contributed by atoms with Crippen molar-refractivity contribution < 1.29 is 14.4 Å². The Hall–Kier alpha value is -2.43. The van der Waals surface area contributed by atoms with Crippen molar-refractivity contribution in [1.82, 2.24) is 9.80 Å². The van der Waals surface area contributed by atoms with E-state index in [1.54, 1.807) is 0 Å². The van der Waals surface area contributed by atoms with Gasteiger partial charge in [0, 0.05) is 13.1 Å². The molecule has 0 spiro atoms. The molecule has 1 aromatic rings. The summed E-state index contributed by atoms with van der Waals surface area (Å²) in [4.78, 5) is 39.4. The van der Waals surface area contributed by atoms with Crippen molar-refractivity contribution in [2.75, 3.05) is 13.1 Å². The van der Waals surface area contributed by atoms with Crippen molar-refractivity contribution in [2.24, 2.45) is 0 Å². The number of carbonyl (C=O) groups is 3. The van der Waals surface area contributed by atoms with Gasteiger partial charge in [0.2, 0.25) is 11.8 Å². The molecule has 5 heteroatoms. The first-order valence-electron chi connectivity index (χ1n) is 9.01. The lowest BCUT2D eigenvalue weighted by Gasteiger charge is -2.33. The van der Waals surface area contributed by atoms with Crippen LogP contribution in [-0.2, 0) is 16.0 Å². The van der Waals surface area contributed by atoms with Crippen molar-refractivity contribution in [3.63, 3.8) is 0 Å². The maximum absolute atomic E-state index is 12.6. The number of rotatable bonds is 6. The highest BCUT2D eigenvalue weighted by molar-refractivity contribution is 6.14. The van der Waals surface area contributed by atoms with E-state index in [4.69, 9.17) is 0 Å². The largest absolute Gasteiger partial charge is 0.333 e. The van der Waals surface area contributed by atoms with Crippen molar-refractivity contribution in [3.8, 4) is 0 Å². The Balaban J connectivity index is 1.61. The Morgan fingerprint density at radius 1 is 0.840 bits per heavy atom. The number of carbonyl (C=O) groups excluding carboxylic acids is 3. The molecule has 4 amide bonds. The number of allylic oxidation sites excluding steroid dienone is 1. The molecule has 0 radical (unpaired) electrons.